The van der Waals surface area contributed by atoms with Crippen LogP contribution in [0.4, 0.5) is 4.79 Å². The van der Waals surface area contributed by atoms with E-state index in [-0.39, 0.29) is 0 Å². The molecule has 0 spiro atoms. The van der Waals surface area contributed by atoms with Gasteiger partial charge >= 0.3 is 12.1 Å². The summed E-state index contributed by atoms with van der Waals surface area (Å²) < 4.78 is 10.5. The molecule has 118 valence electrons. The molecule has 1 aliphatic heterocycles. The highest BCUT2D eigenvalue weighted by Gasteiger charge is 2.30. The highest BCUT2D eigenvalue weighted by atomic mass is 16.6. The molecule has 0 radical (unpaired) electrons. The number of amides is 1. The molecule has 1 heterocycles. The minimum absolute atomic E-state index is 0.409. The lowest BCUT2D eigenvalue weighted by atomic mass is 10.0. The van der Waals surface area contributed by atoms with Gasteiger partial charge in [-0.3, -0.25) is 0 Å². The molecular formula is C17H21NO4. The summed E-state index contributed by atoms with van der Waals surface area (Å²) >= 11 is 0. The van der Waals surface area contributed by atoms with Gasteiger partial charge in [0.05, 0.1) is 6.04 Å². The zero-order valence-corrected chi connectivity index (χ0v) is 13.3. The van der Waals surface area contributed by atoms with Gasteiger partial charge in [0.1, 0.15) is 11.7 Å². The Balaban J connectivity index is 2.18. The van der Waals surface area contributed by atoms with Crippen molar-refractivity contribution in [2.75, 3.05) is 0 Å². The number of hydrogen-bond acceptors (Lipinski definition) is 4. The Morgan fingerprint density at radius 2 is 1.91 bits per heavy atom. The molecule has 1 aromatic carbocycles. The average molecular weight is 303 g/mol. The van der Waals surface area contributed by atoms with Crippen LogP contribution in [0.2, 0.25) is 0 Å². The van der Waals surface area contributed by atoms with Crippen molar-refractivity contribution in [2.45, 2.75) is 45.4 Å². The lowest BCUT2D eigenvalue weighted by Crippen LogP contribution is -2.39. The first-order chi connectivity index (χ1) is 10.2. The first kappa shape index (κ1) is 16.1. The second-order valence-corrected chi connectivity index (χ2v) is 6.30. The maximum atomic E-state index is 12.0. The predicted molar refractivity (Wildman–Crippen MR) is 82.3 cm³/mol. The third kappa shape index (κ3) is 4.35. The van der Waals surface area contributed by atoms with E-state index in [1.54, 1.807) is 26.8 Å². The maximum Gasteiger partial charge on any atom is 0.408 e. The van der Waals surface area contributed by atoms with Gasteiger partial charge in [-0.05, 0) is 39.3 Å². The van der Waals surface area contributed by atoms with E-state index in [4.69, 9.17) is 9.47 Å². The predicted octanol–water partition coefficient (Wildman–Crippen LogP) is 3.04. The minimum Gasteiger partial charge on any atom is -0.452 e. The van der Waals surface area contributed by atoms with Gasteiger partial charge in [0, 0.05) is 6.08 Å². The molecule has 0 bridgehead atoms. The van der Waals surface area contributed by atoms with E-state index in [9.17, 15) is 9.59 Å². The Labute approximate surface area is 130 Å². The number of nitrogens with one attached hydrogen (secondary N) is 1. The van der Waals surface area contributed by atoms with Crippen molar-refractivity contribution >= 4 is 12.1 Å². The largest absolute Gasteiger partial charge is 0.452 e. The monoisotopic (exact) mass is 303 g/mol. The molecule has 22 heavy (non-hydrogen) atoms. The maximum absolute atomic E-state index is 12.0. The van der Waals surface area contributed by atoms with Gasteiger partial charge in [-0.2, -0.15) is 0 Å². The molecule has 1 N–H and O–H groups in total. The Bertz CT molecular complexity index is 584. The number of carbonyl (C=O) groups is 2. The molecular weight excluding hydrogens is 282 g/mol. The van der Waals surface area contributed by atoms with Crippen molar-refractivity contribution in [1.29, 1.82) is 0 Å². The van der Waals surface area contributed by atoms with Crippen molar-refractivity contribution in [3.05, 3.63) is 47.5 Å². The third-order valence-corrected chi connectivity index (χ3v) is 3.11. The van der Waals surface area contributed by atoms with E-state index in [1.165, 1.54) is 6.08 Å². The number of aryl methyl sites for hydroxylation is 1. The standard InChI is InChI=1S/C17H21NO4/c1-11-5-7-12(8-6-11)15(13-9-10-14(19)21-13)18-16(20)22-17(2,3)4/h5-10,13,15H,1-4H3,(H,18,20)/t13-,15+/m0/s1. The van der Waals surface area contributed by atoms with Crippen LogP contribution < -0.4 is 5.32 Å². The van der Waals surface area contributed by atoms with E-state index in [2.05, 4.69) is 5.32 Å². The number of alkyl carbamates (subject to hydrolysis) is 1. The molecule has 2 rings (SSSR count). The highest BCUT2D eigenvalue weighted by molar-refractivity contribution is 5.84. The van der Waals surface area contributed by atoms with Crippen molar-refractivity contribution < 1.29 is 19.1 Å². The van der Waals surface area contributed by atoms with E-state index in [0.29, 0.717) is 0 Å². The van der Waals surface area contributed by atoms with Gasteiger partial charge in [-0.15, -0.1) is 0 Å². The SMILES string of the molecule is Cc1ccc([C@@H](NC(=O)OC(C)(C)C)[C@@H]2C=CC(=O)O2)cc1. The van der Waals surface area contributed by atoms with Crippen LogP contribution in [-0.2, 0) is 14.3 Å². The van der Waals surface area contributed by atoms with Crippen LogP contribution in [0.5, 0.6) is 0 Å². The van der Waals surface area contributed by atoms with Crippen LogP contribution in [0.25, 0.3) is 0 Å². The summed E-state index contributed by atoms with van der Waals surface area (Å²) in [6.07, 6.45) is 1.92. The number of carbonyl (C=O) groups excluding carboxylic acids is 2. The molecule has 0 aliphatic carbocycles. The molecule has 0 fully saturated rings. The molecule has 1 amide bonds. The summed E-state index contributed by atoms with van der Waals surface area (Å²) in [5, 5.41) is 2.78. The first-order valence-corrected chi connectivity index (χ1v) is 7.19. The number of cyclic esters (lactones) is 1. The summed E-state index contributed by atoms with van der Waals surface area (Å²) in [4.78, 5) is 23.4. The third-order valence-electron chi connectivity index (χ3n) is 3.11. The molecule has 1 aliphatic rings. The van der Waals surface area contributed by atoms with Gasteiger partial charge in [0.15, 0.2) is 0 Å². The minimum atomic E-state index is -0.593. The normalized spacial score (nSPS) is 18.7. The van der Waals surface area contributed by atoms with Crippen LogP contribution in [-0.4, -0.2) is 23.8 Å². The molecule has 0 unspecified atom stereocenters. The Morgan fingerprint density at radius 3 is 2.41 bits per heavy atom. The molecule has 5 nitrogen and oxygen atoms in total. The average Bonchev–Trinajstić information content (AvgIpc) is 2.81. The molecule has 1 aromatic rings. The van der Waals surface area contributed by atoms with Gasteiger partial charge in [-0.25, -0.2) is 9.59 Å². The fourth-order valence-electron chi connectivity index (χ4n) is 2.13. The number of rotatable bonds is 3. The smallest absolute Gasteiger partial charge is 0.408 e. The van der Waals surface area contributed by atoms with Gasteiger partial charge in [-0.1, -0.05) is 29.8 Å². The highest BCUT2D eigenvalue weighted by Crippen LogP contribution is 2.24. The van der Waals surface area contributed by atoms with Crippen molar-refractivity contribution in [3.63, 3.8) is 0 Å². The molecule has 5 heteroatoms. The number of benzene rings is 1. The quantitative estimate of drug-likeness (QED) is 0.872. The number of hydrogen-bond donors (Lipinski definition) is 1. The Hall–Kier alpha value is -2.30. The van der Waals surface area contributed by atoms with Crippen LogP contribution >= 0.6 is 0 Å². The van der Waals surface area contributed by atoms with Crippen LogP contribution in [0.1, 0.15) is 37.9 Å². The van der Waals surface area contributed by atoms with E-state index in [0.717, 1.165) is 11.1 Å². The van der Waals surface area contributed by atoms with E-state index < -0.39 is 29.8 Å². The Morgan fingerprint density at radius 1 is 1.27 bits per heavy atom. The number of esters is 1. The topological polar surface area (TPSA) is 64.6 Å². The van der Waals surface area contributed by atoms with Gasteiger partial charge in [0.2, 0.25) is 0 Å². The summed E-state index contributed by atoms with van der Waals surface area (Å²) in [5.74, 6) is -0.409. The van der Waals surface area contributed by atoms with Crippen LogP contribution in [0, 0.1) is 6.92 Å². The second kappa shape index (κ2) is 6.22. The summed E-state index contributed by atoms with van der Waals surface area (Å²) in [6.45, 7) is 7.37. The lowest BCUT2D eigenvalue weighted by molar-refractivity contribution is -0.139. The zero-order valence-electron chi connectivity index (χ0n) is 13.3. The molecule has 2 atom stereocenters. The molecule has 0 aromatic heterocycles. The van der Waals surface area contributed by atoms with E-state index >= 15 is 0 Å². The van der Waals surface area contributed by atoms with Gasteiger partial charge < -0.3 is 14.8 Å². The fraction of sp³-hybridized carbons (Fsp3) is 0.412. The van der Waals surface area contributed by atoms with Crippen molar-refractivity contribution in [2.24, 2.45) is 0 Å². The summed E-state index contributed by atoms with van der Waals surface area (Å²) in [7, 11) is 0. The second-order valence-electron chi connectivity index (χ2n) is 6.30. The van der Waals surface area contributed by atoms with Gasteiger partial charge in [0.25, 0.3) is 0 Å². The molecule has 0 saturated carbocycles. The fourth-order valence-corrected chi connectivity index (χ4v) is 2.13. The van der Waals surface area contributed by atoms with Crippen molar-refractivity contribution in [3.8, 4) is 0 Å². The zero-order chi connectivity index (χ0) is 16.3. The van der Waals surface area contributed by atoms with Crippen LogP contribution in [0.15, 0.2) is 36.4 Å². The molecule has 0 saturated heterocycles. The van der Waals surface area contributed by atoms with Crippen LogP contribution in [0.3, 0.4) is 0 Å². The Kier molecular flexibility index (Phi) is 4.54. The van der Waals surface area contributed by atoms with E-state index in [1.807, 2.05) is 31.2 Å². The lowest BCUT2D eigenvalue weighted by Gasteiger charge is -2.26. The number of ether oxygens (including phenoxy) is 2. The van der Waals surface area contributed by atoms with Crippen molar-refractivity contribution in [1.82, 2.24) is 5.32 Å². The summed E-state index contributed by atoms with van der Waals surface area (Å²) in [6, 6.07) is 7.20. The summed E-state index contributed by atoms with van der Waals surface area (Å²) in [5.41, 5.74) is 1.36. The first-order valence-electron chi connectivity index (χ1n) is 7.19.